The van der Waals surface area contributed by atoms with Crippen molar-refractivity contribution in [3.8, 4) is 0 Å². The van der Waals surface area contributed by atoms with Crippen LogP contribution in [-0.2, 0) is 0 Å². The number of anilines is 2. The SMILES string of the molecule is CCC1CCC(Nc2ccc(N)cc2C)C1C. The Kier molecular flexibility index (Phi) is 3.60. The smallest absolute Gasteiger partial charge is 0.0373 e. The van der Waals surface area contributed by atoms with Crippen molar-refractivity contribution in [1.82, 2.24) is 0 Å². The number of nitrogen functional groups attached to an aromatic ring is 1. The summed E-state index contributed by atoms with van der Waals surface area (Å²) >= 11 is 0. The molecule has 3 N–H and O–H groups in total. The molecule has 1 aliphatic rings. The van der Waals surface area contributed by atoms with E-state index in [0.717, 1.165) is 17.5 Å². The molecule has 2 rings (SSSR count). The molecule has 3 unspecified atom stereocenters. The Morgan fingerprint density at radius 2 is 2.12 bits per heavy atom. The average molecular weight is 232 g/mol. The van der Waals surface area contributed by atoms with Crippen molar-refractivity contribution >= 4 is 11.4 Å². The van der Waals surface area contributed by atoms with Crippen LogP contribution in [-0.4, -0.2) is 6.04 Å². The minimum Gasteiger partial charge on any atom is -0.399 e. The van der Waals surface area contributed by atoms with E-state index >= 15 is 0 Å². The lowest BCUT2D eigenvalue weighted by Crippen LogP contribution is -2.25. The Morgan fingerprint density at radius 3 is 2.71 bits per heavy atom. The van der Waals surface area contributed by atoms with Crippen molar-refractivity contribution in [1.29, 1.82) is 0 Å². The van der Waals surface area contributed by atoms with Gasteiger partial charge in [0.15, 0.2) is 0 Å². The molecule has 1 aromatic carbocycles. The number of rotatable bonds is 3. The maximum atomic E-state index is 5.78. The van der Waals surface area contributed by atoms with E-state index in [9.17, 15) is 0 Å². The first-order chi connectivity index (χ1) is 8.11. The zero-order valence-corrected chi connectivity index (χ0v) is 11.2. The number of nitrogens with one attached hydrogen (secondary N) is 1. The molecule has 0 saturated heterocycles. The van der Waals surface area contributed by atoms with Crippen LogP contribution in [0.3, 0.4) is 0 Å². The molecule has 0 aliphatic heterocycles. The lowest BCUT2D eigenvalue weighted by atomic mass is 9.93. The largest absolute Gasteiger partial charge is 0.399 e. The molecule has 0 heterocycles. The molecule has 17 heavy (non-hydrogen) atoms. The van der Waals surface area contributed by atoms with E-state index in [2.05, 4.69) is 32.2 Å². The van der Waals surface area contributed by atoms with Crippen LogP contribution in [0.1, 0.15) is 38.7 Å². The Balaban J connectivity index is 2.06. The molecule has 1 saturated carbocycles. The summed E-state index contributed by atoms with van der Waals surface area (Å²) in [6.45, 7) is 6.80. The third-order valence-corrected chi connectivity index (χ3v) is 4.34. The van der Waals surface area contributed by atoms with E-state index in [1.165, 1.54) is 30.5 Å². The first-order valence-corrected chi connectivity index (χ1v) is 6.74. The van der Waals surface area contributed by atoms with Gasteiger partial charge in [0.25, 0.3) is 0 Å². The quantitative estimate of drug-likeness (QED) is 0.778. The molecule has 1 aromatic rings. The highest BCUT2D eigenvalue weighted by molar-refractivity contribution is 5.58. The van der Waals surface area contributed by atoms with Crippen molar-refractivity contribution in [3.05, 3.63) is 23.8 Å². The third-order valence-electron chi connectivity index (χ3n) is 4.34. The summed E-state index contributed by atoms with van der Waals surface area (Å²) in [5.74, 6) is 1.67. The molecule has 0 bridgehead atoms. The number of benzene rings is 1. The second kappa shape index (κ2) is 4.99. The Bertz CT molecular complexity index is 387. The van der Waals surface area contributed by atoms with Gasteiger partial charge in [0.05, 0.1) is 0 Å². The van der Waals surface area contributed by atoms with Gasteiger partial charge in [0, 0.05) is 17.4 Å². The predicted octanol–water partition coefficient (Wildman–Crippen LogP) is 3.81. The highest BCUT2D eigenvalue weighted by Crippen LogP contribution is 2.36. The van der Waals surface area contributed by atoms with Gasteiger partial charge in [-0.2, -0.15) is 0 Å². The molecule has 1 aliphatic carbocycles. The summed E-state index contributed by atoms with van der Waals surface area (Å²) in [6, 6.07) is 6.75. The molecule has 2 nitrogen and oxygen atoms in total. The van der Waals surface area contributed by atoms with Crippen molar-refractivity contribution in [3.63, 3.8) is 0 Å². The van der Waals surface area contributed by atoms with Gasteiger partial charge in [0.2, 0.25) is 0 Å². The molecule has 0 spiro atoms. The molecular formula is C15H24N2. The van der Waals surface area contributed by atoms with Gasteiger partial charge < -0.3 is 11.1 Å². The average Bonchev–Trinajstić information content (AvgIpc) is 2.64. The van der Waals surface area contributed by atoms with E-state index in [1.54, 1.807) is 0 Å². The second-order valence-electron chi connectivity index (χ2n) is 5.43. The lowest BCUT2D eigenvalue weighted by molar-refractivity contribution is 0.392. The highest BCUT2D eigenvalue weighted by Gasteiger charge is 2.31. The lowest BCUT2D eigenvalue weighted by Gasteiger charge is -2.23. The number of aryl methyl sites for hydroxylation is 1. The van der Waals surface area contributed by atoms with Crippen LogP contribution in [0.4, 0.5) is 11.4 Å². The maximum absolute atomic E-state index is 5.78. The summed E-state index contributed by atoms with van der Waals surface area (Å²) < 4.78 is 0. The third kappa shape index (κ3) is 2.56. The fourth-order valence-electron chi connectivity index (χ4n) is 3.08. The van der Waals surface area contributed by atoms with Gasteiger partial charge in [-0.25, -0.2) is 0 Å². The van der Waals surface area contributed by atoms with E-state index in [0.29, 0.717) is 6.04 Å². The fourth-order valence-corrected chi connectivity index (χ4v) is 3.08. The van der Waals surface area contributed by atoms with Gasteiger partial charge in [-0.15, -0.1) is 0 Å². The zero-order valence-electron chi connectivity index (χ0n) is 11.2. The van der Waals surface area contributed by atoms with Crippen LogP contribution in [0.2, 0.25) is 0 Å². The molecule has 0 amide bonds. The van der Waals surface area contributed by atoms with Crippen molar-refractivity contribution < 1.29 is 0 Å². The Morgan fingerprint density at radius 1 is 1.35 bits per heavy atom. The summed E-state index contributed by atoms with van der Waals surface area (Å²) in [5, 5.41) is 3.69. The summed E-state index contributed by atoms with van der Waals surface area (Å²) in [4.78, 5) is 0. The molecule has 0 radical (unpaired) electrons. The minimum atomic E-state index is 0.627. The van der Waals surface area contributed by atoms with E-state index in [-0.39, 0.29) is 0 Å². The summed E-state index contributed by atoms with van der Waals surface area (Å²) in [5.41, 5.74) is 9.12. The van der Waals surface area contributed by atoms with E-state index in [4.69, 9.17) is 5.73 Å². The monoisotopic (exact) mass is 232 g/mol. The van der Waals surface area contributed by atoms with Crippen LogP contribution in [0.25, 0.3) is 0 Å². The standard InChI is InChI=1S/C15H24N2/c1-4-12-5-7-15(11(12)3)17-14-8-6-13(16)9-10(14)2/h6,8-9,11-12,15,17H,4-5,7,16H2,1-3H3. The maximum Gasteiger partial charge on any atom is 0.0373 e. The van der Waals surface area contributed by atoms with Gasteiger partial charge in [-0.3, -0.25) is 0 Å². The van der Waals surface area contributed by atoms with Crippen LogP contribution < -0.4 is 11.1 Å². The highest BCUT2D eigenvalue weighted by atomic mass is 14.9. The second-order valence-corrected chi connectivity index (χ2v) is 5.43. The van der Waals surface area contributed by atoms with Gasteiger partial charge >= 0.3 is 0 Å². The number of nitrogens with two attached hydrogens (primary N) is 1. The first kappa shape index (κ1) is 12.3. The van der Waals surface area contributed by atoms with E-state index in [1.807, 2.05) is 12.1 Å². The molecule has 2 heteroatoms. The minimum absolute atomic E-state index is 0.627. The van der Waals surface area contributed by atoms with Gasteiger partial charge in [0.1, 0.15) is 0 Å². The van der Waals surface area contributed by atoms with Gasteiger partial charge in [-0.05, 0) is 55.4 Å². The first-order valence-electron chi connectivity index (χ1n) is 6.74. The van der Waals surface area contributed by atoms with Crippen molar-refractivity contribution in [2.24, 2.45) is 11.8 Å². The van der Waals surface area contributed by atoms with Crippen LogP contribution in [0.5, 0.6) is 0 Å². The molecule has 94 valence electrons. The Hall–Kier alpha value is -1.18. The van der Waals surface area contributed by atoms with Crippen LogP contribution in [0, 0.1) is 18.8 Å². The molecular weight excluding hydrogens is 208 g/mol. The summed E-state index contributed by atoms with van der Waals surface area (Å²) in [7, 11) is 0. The Labute approximate surface area is 105 Å². The van der Waals surface area contributed by atoms with Gasteiger partial charge in [-0.1, -0.05) is 20.3 Å². The number of hydrogen-bond donors (Lipinski definition) is 2. The summed E-state index contributed by atoms with van der Waals surface area (Å²) in [6.07, 6.45) is 3.97. The van der Waals surface area contributed by atoms with Crippen molar-refractivity contribution in [2.45, 2.75) is 46.1 Å². The predicted molar refractivity (Wildman–Crippen MR) is 75.2 cm³/mol. The molecule has 3 atom stereocenters. The fraction of sp³-hybridized carbons (Fsp3) is 0.600. The zero-order chi connectivity index (χ0) is 12.4. The van der Waals surface area contributed by atoms with E-state index < -0.39 is 0 Å². The molecule has 1 fully saturated rings. The normalized spacial score (nSPS) is 28.3. The number of hydrogen-bond acceptors (Lipinski definition) is 2. The molecule has 0 aromatic heterocycles. The van der Waals surface area contributed by atoms with Crippen LogP contribution in [0.15, 0.2) is 18.2 Å². The topological polar surface area (TPSA) is 38.0 Å². The van der Waals surface area contributed by atoms with Crippen LogP contribution >= 0.6 is 0 Å². The van der Waals surface area contributed by atoms with Crippen molar-refractivity contribution in [2.75, 3.05) is 11.1 Å².